The Kier molecular flexibility index (Phi) is 5.50. The van der Waals surface area contributed by atoms with E-state index >= 15 is 0 Å². The second kappa shape index (κ2) is 7.79. The SMILES string of the molecule is COCCN(C)Sc1ccc(Cn2c(C)nc3ccncc32)cc1. The van der Waals surface area contributed by atoms with Crippen molar-refractivity contribution in [2.45, 2.75) is 18.4 Å². The van der Waals surface area contributed by atoms with Crippen molar-refractivity contribution in [3.63, 3.8) is 0 Å². The van der Waals surface area contributed by atoms with E-state index in [2.05, 4.69) is 50.2 Å². The van der Waals surface area contributed by atoms with E-state index < -0.39 is 0 Å². The van der Waals surface area contributed by atoms with Gasteiger partial charge in [-0.05, 0) is 49.7 Å². The topological polar surface area (TPSA) is 43.2 Å². The van der Waals surface area contributed by atoms with Crippen molar-refractivity contribution < 1.29 is 4.74 Å². The number of aromatic nitrogens is 3. The molecule has 0 aliphatic heterocycles. The number of ether oxygens (including phenoxy) is 1. The lowest BCUT2D eigenvalue weighted by Gasteiger charge is -2.15. The van der Waals surface area contributed by atoms with Crippen molar-refractivity contribution in [1.29, 1.82) is 0 Å². The molecule has 6 heteroatoms. The van der Waals surface area contributed by atoms with Crippen LogP contribution in [-0.2, 0) is 11.3 Å². The van der Waals surface area contributed by atoms with E-state index in [4.69, 9.17) is 4.74 Å². The predicted molar refractivity (Wildman–Crippen MR) is 98.2 cm³/mol. The monoisotopic (exact) mass is 342 g/mol. The van der Waals surface area contributed by atoms with E-state index in [1.807, 2.05) is 19.2 Å². The number of rotatable bonds is 7. The highest BCUT2D eigenvalue weighted by Gasteiger charge is 2.08. The van der Waals surface area contributed by atoms with Gasteiger partial charge in [-0.1, -0.05) is 12.1 Å². The summed E-state index contributed by atoms with van der Waals surface area (Å²) in [4.78, 5) is 10.0. The van der Waals surface area contributed by atoms with Crippen LogP contribution in [-0.4, -0.2) is 46.1 Å². The lowest BCUT2D eigenvalue weighted by Crippen LogP contribution is -2.14. The molecule has 0 saturated carbocycles. The first-order chi connectivity index (χ1) is 11.7. The van der Waals surface area contributed by atoms with E-state index in [0.717, 1.165) is 36.6 Å². The highest BCUT2D eigenvalue weighted by Crippen LogP contribution is 2.22. The van der Waals surface area contributed by atoms with Gasteiger partial charge in [-0.25, -0.2) is 9.29 Å². The number of nitrogens with zero attached hydrogens (tertiary/aromatic N) is 4. The molecule has 0 amide bonds. The van der Waals surface area contributed by atoms with Gasteiger partial charge in [0.25, 0.3) is 0 Å². The lowest BCUT2D eigenvalue weighted by atomic mass is 10.2. The molecule has 0 N–H and O–H groups in total. The van der Waals surface area contributed by atoms with E-state index in [0.29, 0.717) is 0 Å². The normalized spacial score (nSPS) is 11.5. The summed E-state index contributed by atoms with van der Waals surface area (Å²) in [5.74, 6) is 1.01. The molecule has 0 unspecified atom stereocenters. The van der Waals surface area contributed by atoms with Gasteiger partial charge >= 0.3 is 0 Å². The molecule has 0 fully saturated rings. The Morgan fingerprint density at radius 2 is 2.00 bits per heavy atom. The fourth-order valence-electron chi connectivity index (χ4n) is 2.57. The Hall–Kier alpha value is -1.89. The minimum absolute atomic E-state index is 0.739. The van der Waals surface area contributed by atoms with Crippen molar-refractivity contribution >= 4 is 23.0 Å². The molecule has 0 saturated heterocycles. The Morgan fingerprint density at radius 3 is 2.75 bits per heavy atom. The molecule has 24 heavy (non-hydrogen) atoms. The molecule has 2 heterocycles. The summed E-state index contributed by atoms with van der Waals surface area (Å²) in [5.41, 5.74) is 3.33. The average molecular weight is 342 g/mol. The highest BCUT2D eigenvalue weighted by atomic mass is 32.2. The second-order valence-corrected chi connectivity index (χ2v) is 6.97. The third-order valence-corrected chi connectivity index (χ3v) is 4.85. The first-order valence-corrected chi connectivity index (χ1v) is 8.68. The first kappa shape index (κ1) is 17.0. The van der Waals surface area contributed by atoms with Crippen LogP contribution in [0.4, 0.5) is 0 Å². The Labute approximate surface area is 146 Å². The molecule has 1 aromatic carbocycles. The standard InChI is InChI=1S/C18H22N4OS/c1-14-20-17-8-9-19-12-18(17)22(14)13-15-4-6-16(7-5-15)24-21(2)10-11-23-3/h4-9,12H,10-11,13H2,1-3H3. The van der Waals surface area contributed by atoms with Crippen LogP contribution in [0.25, 0.3) is 11.0 Å². The molecule has 0 bridgehead atoms. The molecule has 2 aromatic heterocycles. The van der Waals surface area contributed by atoms with Crippen LogP contribution < -0.4 is 0 Å². The van der Waals surface area contributed by atoms with Gasteiger partial charge in [0.2, 0.25) is 0 Å². The van der Waals surface area contributed by atoms with E-state index in [1.54, 1.807) is 25.3 Å². The number of benzene rings is 1. The Bertz CT molecular complexity index is 800. The van der Waals surface area contributed by atoms with Crippen LogP contribution >= 0.6 is 11.9 Å². The Balaban J connectivity index is 1.71. The quantitative estimate of drug-likeness (QED) is 0.616. The van der Waals surface area contributed by atoms with Gasteiger partial charge in [0.1, 0.15) is 5.82 Å². The third-order valence-electron chi connectivity index (χ3n) is 3.88. The number of hydrogen-bond acceptors (Lipinski definition) is 5. The first-order valence-electron chi connectivity index (χ1n) is 7.91. The van der Waals surface area contributed by atoms with Gasteiger partial charge in [0.05, 0.1) is 23.8 Å². The van der Waals surface area contributed by atoms with Gasteiger partial charge in [0, 0.05) is 31.3 Å². The second-order valence-electron chi connectivity index (χ2n) is 5.69. The number of aryl methyl sites for hydroxylation is 1. The summed E-state index contributed by atoms with van der Waals surface area (Å²) in [6.45, 7) is 4.48. The minimum Gasteiger partial charge on any atom is -0.383 e. The van der Waals surface area contributed by atoms with Crippen molar-refractivity contribution in [2.75, 3.05) is 27.3 Å². The van der Waals surface area contributed by atoms with Crippen molar-refractivity contribution in [3.8, 4) is 0 Å². The number of methoxy groups -OCH3 is 1. The molecule has 3 aromatic rings. The summed E-state index contributed by atoms with van der Waals surface area (Å²) in [6.07, 6.45) is 3.66. The molecule has 0 spiro atoms. The molecule has 0 aliphatic carbocycles. The third kappa shape index (κ3) is 3.95. The highest BCUT2D eigenvalue weighted by molar-refractivity contribution is 7.97. The fraction of sp³-hybridized carbons (Fsp3) is 0.333. The van der Waals surface area contributed by atoms with Crippen LogP contribution in [0.3, 0.4) is 0 Å². The zero-order valence-corrected chi connectivity index (χ0v) is 15.1. The summed E-state index contributed by atoms with van der Waals surface area (Å²) < 4.78 is 9.49. The molecule has 0 radical (unpaired) electrons. The minimum atomic E-state index is 0.739. The predicted octanol–water partition coefficient (Wildman–Crippen LogP) is 3.37. The largest absolute Gasteiger partial charge is 0.383 e. The van der Waals surface area contributed by atoms with Crippen LogP contribution in [0, 0.1) is 6.92 Å². The van der Waals surface area contributed by atoms with Crippen LogP contribution in [0.1, 0.15) is 11.4 Å². The van der Waals surface area contributed by atoms with Crippen molar-refractivity contribution in [3.05, 3.63) is 54.1 Å². The number of hydrogen-bond donors (Lipinski definition) is 0. The average Bonchev–Trinajstić information content (AvgIpc) is 2.90. The molecule has 0 atom stereocenters. The van der Waals surface area contributed by atoms with Gasteiger partial charge in [-0.3, -0.25) is 4.98 Å². The molecule has 0 aliphatic rings. The van der Waals surface area contributed by atoms with Crippen LogP contribution in [0.5, 0.6) is 0 Å². The van der Waals surface area contributed by atoms with Crippen molar-refractivity contribution in [1.82, 2.24) is 18.8 Å². The van der Waals surface area contributed by atoms with Gasteiger partial charge in [-0.2, -0.15) is 0 Å². The summed E-state index contributed by atoms with van der Waals surface area (Å²) in [5, 5.41) is 0. The van der Waals surface area contributed by atoms with Crippen LogP contribution in [0.15, 0.2) is 47.6 Å². The number of likely N-dealkylation sites (N-methyl/N-ethyl adjacent to an activating group) is 1. The number of imidazole rings is 1. The molecule has 3 rings (SSSR count). The van der Waals surface area contributed by atoms with E-state index in [9.17, 15) is 0 Å². The summed E-state index contributed by atoms with van der Waals surface area (Å²) in [7, 11) is 3.80. The Morgan fingerprint density at radius 1 is 1.21 bits per heavy atom. The maximum Gasteiger partial charge on any atom is 0.107 e. The van der Waals surface area contributed by atoms with E-state index in [-0.39, 0.29) is 0 Å². The maximum absolute atomic E-state index is 5.11. The van der Waals surface area contributed by atoms with Crippen molar-refractivity contribution in [2.24, 2.45) is 0 Å². The lowest BCUT2D eigenvalue weighted by molar-refractivity contribution is 0.188. The molecular weight excluding hydrogens is 320 g/mol. The maximum atomic E-state index is 5.11. The fourth-order valence-corrected chi connectivity index (χ4v) is 3.36. The summed E-state index contributed by atoms with van der Waals surface area (Å²) >= 11 is 1.73. The molecular formula is C18H22N4OS. The summed E-state index contributed by atoms with van der Waals surface area (Å²) in [6, 6.07) is 10.6. The van der Waals surface area contributed by atoms with Gasteiger partial charge in [0.15, 0.2) is 0 Å². The van der Waals surface area contributed by atoms with Gasteiger partial charge in [-0.15, -0.1) is 0 Å². The van der Waals surface area contributed by atoms with E-state index in [1.165, 1.54) is 10.5 Å². The van der Waals surface area contributed by atoms with Gasteiger partial charge < -0.3 is 9.30 Å². The zero-order valence-electron chi connectivity index (χ0n) is 14.3. The number of fused-ring (bicyclic) bond motifs is 1. The smallest absolute Gasteiger partial charge is 0.107 e. The molecule has 126 valence electrons. The zero-order chi connectivity index (χ0) is 16.9. The number of pyridine rings is 1. The molecule has 5 nitrogen and oxygen atoms in total. The van der Waals surface area contributed by atoms with Crippen LogP contribution in [0.2, 0.25) is 0 Å².